The Bertz CT molecular complexity index is 686. The zero-order chi connectivity index (χ0) is 15.5. The molecule has 0 radical (unpaired) electrons. The van der Waals surface area contributed by atoms with Gasteiger partial charge in [0.25, 0.3) is 5.91 Å². The highest BCUT2D eigenvalue weighted by atomic mass is 35.5. The molecule has 1 heterocycles. The molecule has 1 aliphatic rings. The maximum atomic E-state index is 12.7. The van der Waals surface area contributed by atoms with E-state index in [1.807, 2.05) is 42.5 Å². The molecule has 1 atom stereocenters. The Morgan fingerprint density at radius 1 is 1.27 bits per heavy atom. The van der Waals surface area contributed by atoms with Gasteiger partial charge >= 0.3 is 0 Å². The van der Waals surface area contributed by atoms with Crippen molar-refractivity contribution in [1.29, 1.82) is 0 Å². The lowest BCUT2D eigenvalue weighted by molar-refractivity contribution is -0.144. The maximum Gasteiger partial charge on any atom is 0.256 e. The van der Waals surface area contributed by atoms with Crippen molar-refractivity contribution in [3.8, 4) is 0 Å². The van der Waals surface area contributed by atoms with Gasteiger partial charge < -0.3 is 9.64 Å². The van der Waals surface area contributed by atoms with E-state index in [1.165, 1.54) is 5.56 Å². The van der Waals surface area contributed by atoms with Crippen molar-refractivity contribution in [2.24, 2.45) is 0 Å². The van der Waals surface area contributed by atoms with Gasteiger partial charge in [-0.2, -0.15) is 0 Å². The van der Waals surface area contributed by atoms with E-state index in [0.29, 0.717) is 18.2 Å². The first-order chi connectivity index (χ1) is 10.6. The predicted molar refractivity (Wildman–Crippen MR) is 86.8 cm³/mol. The molecule has 0 spiro atoms. The minimum absolute atomic E-state index is 0.0212. The van der Waals surface area contributed by atoms with Gasteiger partial charge in [0.05, 0.1) is 6.61 Å². The molecule has 2 aromatic carbocycles. The van der Waals surface area contributed by atoms with Crippen LogP contribution < -0.4 is 0 Å². The second kappa shape index (κ2) is 6.51. The smallest absolute Gasteiger partial charge is 0.256 e. The van der Waals surface area contributed by atoms with Gasteiger partial charge in [-0.05, 0) is 35.2 Å². The normalized spacial score (nSPS) is 16.9. The molecule has 114 valence electrons. The third-order valence-electron chi connectivity index (χ3n) is 3.90. The van der Waals surface area contributed by atoms with E-state index in [-0.39, 0.29) is 5.91 Å². The Labute approximate surface area is 135 Å². The first-order valence-electron chi connectivity index (χ1n) is 7.34. The van der Waals surface area contributed by atoms with Crippen LogP contribution in [-0.4, -0.2) is 24.5 Å². The Hall–Kier alpha value is -1.84. The van der Waals surface area contributed by atoms with Crippen LogP contribution in [0.4, 0.5) is 0 Å². The third-order valence-corrected chi connectivity index (χ3v) is 4.14. The molecular weight excluding hydrogens is 298 g/mol. The highest BCUT2D eigenvalue weighted by molar-refractivity contribution is 6.30. The van der Waals surface area contributed by atoms with Crippen molar-refractivity contribution < 1.29 is 9.53 Å². The number of amides is 1. The van der Waals surface area contributed by atoms with Gasteiger partial charge in [0.2, 0.25) is 0 Å². The summed E-state index contributed by atoms with van der Waals surface area (Å²) in [5.41, 5.74) is 3.19. The highest BCUT2D eigenvalue weighted by Gasteiger charge is 2.29. The maximum absolute atomic E-state index is 12.7. The van der Waals surface area contributed by atoms with Crippen molar-refractivity contribution in [3.05, 3.63) is 70.2 Å². The summed E-state index contributed by atoms with van der Waals surface area (Å²) in [6.07, 6.45) is 0.354. The number of fused-ring (bicyclic) bond motifs is 1. The number of likely N-dealkylation sites (N-methyl/N-ethyl adjacent to an activating group) is 1. The predicted octanol–water partition coefficient (Wildman–Crippen LogP) is 3.61. The van der Waals surface area contributed by atoms with E-state index in [1.54, 1.807) is 11.9 Å². The molecule has 3 rings (SSSR count). The first-order valence-corrected chi connectivity index (χ1v) is 7.72. The van der Waals surface area contributed by atoms with Gasteiger partial charge in [-0.3, -0.25) is 4.79 Å². The van der Waals surface area contributed by atoms with Crippen LogP contribution in [0.1, 0.15) is 22.8 Å². The van der Waals surface area contributed by atoms with Crippen LogP contribution in [0.2, 0.25) is 5.02 Å². The minimum Gasteiger partial charge on any atom is -0.363 e. The fourth-order valence-electron chi connectivity index (χ4n) is 2.79. The molecule has 0 N–H and O–H groups in total. The number of ether oxygens (including phenoxy) is 1. The van der Waals surface area contributed by atoms with Crippen LogP contribution in [0.25, 0.3) is 0 Å². The molecule has 0 saturated heterocycles. The summed E-state index contributed by atoms with van der Waals surface area (Å²) < 4.78 is 5.73. The van der Waals surface area contributed by atoms with Crippen molar-refractivity contribution in [1.82, 2.24) is 4.90 Å². The molecule has 2 aromatic rings. The topological polar surface area (TPSA) is 29.5 Å². The van der Waals surface area contributed by atoms with E-state index in [9.17, 15) is 4.79 Å². The Morgan fingerprint density at radius 3 is 2.91 bits per heavy atom. The number of nitrogens with zero attached hydrogens (tertiary/aromatic N) is 1. The summed E-state index contributed by atoms with van der Waals surface area (Å²) in [5.74, 6) is -0.0212. The van der Waals surface area contributed by atoms with Crippen molar-refractivity contribution >= 4 is 17.5 Å². The molecule has 1 aliphatic heterocycles. The molecule has 1 unspecified atom stereocenters. The summed E-state index contributed by atoms with van der Waals surface area (Å²) in [6, 6.07) is 15.5. The molecule has 22 heavy (non-hydrogen) atoms. The number of halogens is 1. The van der Waals surface area contributed by atoms with Crippen LogP contribution in [0.5, 0.6) is 0 Å². The van der Waals surface area contributed by atoms with Crippen LogP contribution in [0.3, 0.4) is 0 Å². The zero-order valence-electron chi connectivity index (χ0n) is 12.5. The van der Waals surface area contributed by atoms with Gasteiger partial charge in [-0.25, -0.2) is 0 Å². The van der Waals surface area contributed by atoms with Crippen LogP contribution in [-0.2, 0) is 22.5 Å². The standard InChI is InChI=1S/C18H18ClNO2/c1-20(12-13-5-4-7-15(19)11-13)18(21)17-16-8-3-2-6-14(16)9-10-22-17/h2-8,11,17H,9-10,12H2,1H3. The lowest BCUT2D eigenvalue weighted by Crippen LogP contribution is -2.35. The second-order valence-corrected chi connectivity index (χ2v) is 5.96. The second-order valence-electron chi connectivity index (χ2n) is 5.52. The number of rotatable bonds is 3. The number of hydrogen-bond acceptors (Lipinski definition) is 2. The van der Waals surface area contributed by atoms with Crippen LogP contribution >= 0.6 is 11.6 Å². The van der Waals surface area contributed by atoms with Crippen LogP contribution in [0, 0.1) is 0 Å². The Kier molecular flexibility index (Phi) is 4.46. The lowest BCUT2D eigenvalue weighted by Gasteiger charge is -2.29. The van der Waals surface area contributed by atoms with E-state index >= 15 is 0 Å². The van der Waals surface area contributed by atoms with Crippen molar-refractivity contribution in [2.75, 3.05) is 13.7 Å². The zero-order valence-corrected chi connectivity index (χ0v) is 13.2. The fraction of sp³-hybridized carbons (Fsp3) is 0.278. The quantitative estimate of drug-likeness (QED) is 0.866. The fourth-order valence-corrected chi connectivity index (χ4v) is 3.00. The molecule has 1 amide bonds. The Balaban J connectivity index is 1.77. The molecular formula is C18H18ClNO2. The monoisotopic (exact) mass is 315 g/mol. The van der Waals surface area contributed by atoms with Gasteiger partial charge in [0.1, 0.15) is 0 Å². The SMILES string of the molecule is CN(Cc1cccc(Cl)c1)C(=O)C1OCCc2ccccc21. The number of carbonyl (C=O) groups is 1. The average Bonchev–Trinajstić information content (AvgIpc) is 2.53. The number of benzene rings is 2. The third kappa shape index (κ3) is 3.16. The molecule has 0 fully saturated rings. The van der Waals surface area contributed by atoms with Gasteiger partial charge in [0, 0.05) is 18.6 Å². The number of hydrogen-bond donors (Lipinski definition) is 0. The summed E-state index contributed by atoms with van der Waals surface area (Å²) in [5, 5.41) is 0.678. The van der Waals surface area contributed by atoms with Gasteiger partial charge in [0.15, 0.2) is 6.10 Å². The molecule has 0 aliphatic carbocycles. The molecule has 3 nitrogen and oxygen atoms in total. The van der Waals surface area contributed by atoms with E-state index in [2.05, 4.69) is 6.07 Å². The van der Waals surface area contributed by atoms with E-state index in [4.69, 9.17) is 16.3 Å². The summed E-state index contributed by atoms with van der Waals surface area (Å²) >= 11 is 6.00. The molecule has 4 heteroatoms. The largest absolute Gasteiger partial charge is 0.363 e. The molecule has 0 bridgehead atoms. The van der Waals surface area contributed by atoms with Crippen molar-refractivity contribution in [2.45, 2.75) is 19.1 Å². The number of carbonyl (C=O) groups excluding carboxylic acids is 1. The summed E-state index contributed by atoms with van der Waals surface area (Å²) in [6.45, 7) is 1.10. The lowest BCUT2D eigenvalue weighted by atomic mass is 9.97. The molecule has 0 aromatic heterocycles. The summed E-state index contributed by atoms with van der Waals surface area (Å²) in [4.78, 5) is 14.4. The van der Waals surface area contributed by atoms with Crippen LogP contribution in [0.15, 0.2) is 48.5 Å². The van der Waals surface area contributed by atoms with Gasteiger partial charge in [-0.15, -0.1) is 0 Å². The van der Waals surface area contributed by atoms with Crippen molar-refractivity contribution in [3.63, 3.8) is 0 Å². The van der Waals surface area contributed by atoms with Gasteiger partial charge in [-0.1, -0.05) is 48.0 Å². The van der Waals surface area contributed by atoms with E-state index in [0.717, 1.165) is 17.5 Å². The first kappa shape index (κ1) is 15.1. The average molecular weight is 316 g/mol. The minimum atomic E-state index is -0.505. The van der Waals surface area contributed by atoms with E-state index < -0.39 is 6.10 Å². The highest BCUT2D eigenvalue weighted by Crippen LogP contribution is 2.28. The summed E-state index contributed by atoms with van der Waals surface area (Å²) in [7, 11) is 1.80. The Morgan fingerprint density at radius 2 is 2.09 bits per heavy atom. The molecule has 0 saturated carbocycles.